The molecule has 0 spiro atoms. The molecule has 172 valence electrons. The monoisotopic (exact) mass is 480 g/mol. The first-order valence-corrected chi connectivity index (χ1v) is 10.4. The van der Waals surface area contributed by atoms with Crippen molar-refractivity contribution >= 4 is 28.4 Å². The summed E-state index contributed by atoms with van der Waals surface area (Å²) in [6.45, 7) is 3.58. The highest BCUT2D eigenvalue weighted by molar-refractivity contribution is 7.15. The van der Waals surface area contributed by atoms with Crippen LogP contribution < -0.4 is 4.74 Å². The number of hydrogen-bond donors (Lipinski definition) is 1. The van der Waals surface area contributed by atoms with E-state index in [0.717, 1.165) is 11.6 Å². The van der Waals surface area contributed by atoms with Gasteiger partial charge >= 0.3 is 12.1 Å². The number of oxazole rings is 1. The number of nitrogens with zero attached hydrogens (tertiary/aromatic N) is 2. The van der Waals surface area contributed by atoms with Crippen molar-refractivity contribution in [2.45, 2.75) is 33.1 Å². The fraction of sp³-hybridized carbons (Fsp3) is 0.227. The second kappa shape index (κ2) is 8.47. The van der Waals surface area contributed by atoms with Crippen molar-refractivity contribution in [3.63, 3.8) is 0 Å². The van der Waals surface area contributed by atoms with Crippen LogP contribution in [0.15, 0.2) is 34.7 Å². The fourth-order valence-corrected chi connectivity index (χ4v) is 4.15. The lowest BCUT2D eigenvalue weighted by Gasteiger charge is -2.08. The first kappa shape index (κ1) is 22.7. The van der Waals surface area contributed by atoms with Crippen LogP contribution in [0.1, 0.15) is 27.6 Å². The van der Waals surface area contributed by atoms with Gasteiger partial charge in [0.25, 0.3) is 0 Å². The van der Waals surface area contributed by atoms with Crippen molar-refractivity contribution in [3.8, 4) is 16.3 Å². The van der Waals surface area contributed by atoms with Crippen LogP contribution in [0.5, 0.6) is 5.75 Å². The van der Waals surface area contributed by atoms with E-state index in [2.05, 4.69) is 9.97 Å². The Morgan fingerprint density at radius 2 is 1.94 bits per heavy atom. The lowest BCUT2D eigenvalue weighted by atomic mass is 10.1. The second-order valence-electron chi connectivity index (χ2n) is 7.25. The van der Waals surface area contributed by atoms with Crippen molar-refractivity contribution in [2.24, 2.45) is 0 Å². The Labute approximate surface area is 188 Å². The van der Waals surface area contributed by atoms with Crippen LogP contribution in [-0.4, -0.2) is 21.0 Å². The van der Waals surface area contributed by atoms with Gasteiger partial charge in [-0.25, -0.2) is 14.4 Å². The van der Waals surface area contributed by atoms with Gasteiger partial charge in [-0.1, -0.05) is 12.1 Å². The SMILES string of the molecule is Cc1nc(-c2ccc(C(F)(F)F)c(F)c2)sc1COc1ccc(C)c2oc(CC(=O)O)nc12. The zero-order valence-electron chi connectivity index (χ0n) is 17.3. The summed E-state index contributed by atoms with van der Waals surface area (Å²) in [5.41, 5.74) is 1.06. The van der Waals surface area contributed by atoms with Gasteiger partial charge in [-0.15, -0.1) is 11.3 Å². The van der Waals surface area contributed by atoms with Crippen molar-refractivity contribution in [1.29, 1.82) is 0 Å². The minimum Gasteiger partial charge on any atom is -0.486 e. The summed E-state index contributed by atoms with van der Waals surface area (Å²) in [7, 11) is 0. The number of ether oxygens (including phenoxy) is 1. The van der Waals surface area contributed by atoms with Crippen LogP contribution in [-0.2, 0) is 24.0 Å². The number of rotatable bonds is 6. The Hall–Kier alpha value is -3.47. The molecule has 11 heteroatoms. The second-order valence-corrected chi connectivity index (χ2v) is 8.33. The van der Waals surface area contributed by atoms with E-state index in [9.17, 15) is 22.4 Å². The number of benzene rings is 2. The minimum absolute atomic E-state index is 0.0530. The first-order valence-electron chi connectivity index (χ1n) is 9.60. The van der Waals surface area contributed by atoms with Gasteiger partial charge in [0, 0.05) is 5.56 Å². The van der Waals surface area contributed by atoms with Gasteiger partial charge in [0.05, 0.1) is 16.1 Å². The maximum atomic E-state index is 14.0. The summed E-state index contributed by atoms with van der Waals surface area (Å²) >= 11 is 1.17. The number of alkyl halides is 3. The topological polar surface area (TPSA) is 85.5 Å². The molecule has 0 aliphatic heterocycles. The number of fused-ring (bicyclic) bond motifs is 1. The highest BCUT2D eigenvalue weighted by Gasteiger charge is 2.34. The Bertz CT molecular complexity index is 1360. The van der Waals surface area contributed by atoms with Crippen molar-refractivity contribution < 1.29 is 36.6 Å². The van der Waals surface area contributed by atoms with E-state index in [0.29, 0.717) is 38.5 Å². The van der Waals surface area contributed by atoms with E-state index in [4.69, 9.17) is 14.3 Å². The van der Waals surface area contributed by atoms with Gasteiger partial charge in [-0.2, -0.15) is 13.2 Å². The average molecular weight is 480 g/mol. The molecular formula is C22H16F4N2O4S. The van der Waals surface area contributed by atoms with Gasteiger partial charge in [0.2, 0.25) is 5.89 Å². The predicted octanol–water partition coefficient (Wildman–Crippen LogP) is 5.93. The quantitative estimate of drug-likeness (QED) is 0.344. The van der Waals surface area contributed by atoms with Crippen LogP contribution in [0.2, 0.25) is 0 Å². The number of aliphatic carboxylic acids is 1. The molecule has 2 aromatic carbocycles. The highest BCUT2D eigenvalue weighted by atomic mass is 32.1. The summed E-state index contributed by atoms with van der Waals surface area (Å²) in [5.74, 6) is -2.01. The van der Waals surface area contributed by atoms with Gasteiger partial charge in [0.1, 0.15) is 29.6 Å². The van der Waals surface area contributed by atoms with E-state index in [1.807, 2.05) is 0 Å². The Morgan fingerprint density at radius 3 is 2.61 bits per heavy atom. The van der Waals surface area contributed by atoms with Gasteiger partial charge < -0.3 is 14.3 Å². The molecule has 0 bridgehead atoms. The maximum absolute atomic E-state index is 14.0. The minimum atomic E-state index is -4.77. The van der Waals surface area contributed by atoms with E-state index in [1.54, 1.807) is 26.0 Å². The average Bonchev–Trinajstić information content (AvgIpc) is 3.30. The smallest absolute Gasteiger partial charge is 0.419 e. The van der Waals surface area contributed by atoms with Crippen molar-refractivity contribution in [2.75, 3.05) is 0 Å². The molecule has 0 amide bonds. The van der Waals surface area contributed by atoms with Crippen LogP contribution in [0.4, 0.5) is 17.6 Å². The summed E-state index contributed by atoms with van der Waals surface area (Å²) in [4.78, 5) is 20.2. The molecule has 4 aromatic rings. The van der Waals surface area contributed by atoms with Crippen molar-refractivity contribution in [3.05, 3.63) is 63.7 Å². The van der Waals surface area contributed by atoms with E-state index in [1.165, 1.54) is 17.4 Å². The van der Waals surface area contributed by atoms with Gasteiger partial charge in [-0.3, -0.25) is 4.79 Å². The number of aryl methyl sites for hydroxylation is 2. The third-order valence-electron chi connectivity index (χ3n) is 4.82. The zero-order chi connectivity index (χ0) is 23.9. The number of carboxylic acids is 1. The van der Waals surface area contributed by atoms with Crippen LogP contribution >= 0.6 is 11.3 Å². The van der Waals surface area contributed by atoms with E-state index >= 15 is 0 Å². The Kier molecular flexibility index (Phi) is 5.83. The van der Waals surface area contributed by atoms with Crippen LogP contribution in [0.3, 0.4) is 0 Å². The first-order chi connectivity index (χ1) is 15.5. The molecule has 2 heterocycles. The molecule has 0 saturated heterocycles. The lowest BCUT2D eigenvalue weighted by molar-refractivity contribution is -0.140. The fourth-order valence-electron chi connectivity index (χ4n) is 3.18. The van der Waals surface area contributed by atoms with Crippen LogP contribution in [0, 0.1) is 19.7 Å². The maximum Gasteiger partial charge on any atom is 0.419 e. The molecule has 1 N–H and O–H groups in total. The zero-order valence-corrected chi connectivity index (χ0v) is 18.1. The Morgan fingerprint density at radius 1 is 1.18 bits per heavy atom. The largest absolute Gasteiger partial charge is 0.486 e. The molecule has 0 aliphatic rings. The molecule has 0 atom stereocenters. The molecule has 0 radical (unpaired) electrons. The molecule has 0 saturated carbocycles. The summed E-state index contributed by atoms with van der Waals surface area (Å²) in [6.07, 6.45) is -5.14. The van der Waals surface area contributed by atoms with Crippen molar-refractivity contribution in [1.82, 2.24) is 9.97 Å². The number of carboxylic acid groups (broad SMARTS) is 1. The molecule has 0 fully saturated rings. The lowest BCUT2D eigenvalue weighted by Crippen LogP contribution is -2.07. The molecule has 33 heavy (non-hydrogen) atoms. The molecular weight excluding hydrogens is 464 g/mol. The number of halogens is 4. The molecule has 0 unspecified atom stereocenters. The third kappa shape index (κ3) is 4.68. The molecule has 4 rings (SSSR count). The molecule has 0 aliphatic carbocycles. The number of aromatic nitrogens is 2. The third-order valence-corrected chi connectivity index (χ3v) is 6.00. The van der Waals surface area contributed by atoms with Crippen LogP contribution in [0.25, 0.3) is 21.7 Å². The Balaban J connectivity index is 1.58. The van der Waals surface area contributed by atoms with E-state index < -0.39 is 23.5 Å². The normalized spacial score (nSPS) is 11.8. The summed E-state index contributed by atoms with van der Waals surface area (Å²) in [6, 6.07) is 6.13. The predicted molar refractivity (Wildman–Crippen MR) is 112 cm³/mol. The van der Waals surface area contributed by atoms with Gasteiger partial charge in [-0.05, 0) is 37.6 Å². The number of thiazole rings is 1. The number of hydrogen-bond acceptors (Lipinski definition) is 6. The summed E-state index contributed by atoms with van der Waals surface area (Å²) in [5, 5.41) is 9.32. The van der Waals surface area contributed by atoms with E-state index in [-0.39, 0.29) is 24.5 Å². The van der Waals surface area contributed by atoms with Gasteiger partial charge in [0.15, 0.2) is 11.1 Å². The molecule has 6 nitrogen and oxygen atoms in total. The highest BCUT2D eigenvalue weighted by Crippen LogP contribution is 2.36. The summed E-state index contributed by atoms with van der Waals surface area (Å²) < 4.78 is 63.8. The standard InChI is InChI=1S/C22H16F4N2O4S/c1-10-3-6-15(19-20(10)32-17(28-19)8-18(29)30)31-9-16-11(2)27-21(33-16)12-4-5-13(14(23)7-12)22(24,25)26/h3-7H,8-9H2,1-2H3,(H,29,30). The number of carbonyl (C=O) groups is 1. The molecule has 2 aromatic heterocycles.